The summed E-state index contributed by atoms with van der Waals surface area (Å²) in [7, 11) is 0. The first-order valence-corrected chi connectivity index (χ1v) is 5.75. The summed E-state index contributed by atoms with van der Waals surface area (Å²) in [6, 6.07) is 11.1. The van der Waals surface area contributed by atoms with E-state index in [-0.39, 0.29) is 6.61 Å². The van der Waals surface area contributed by atoms with Gasteiger partial charge in [0.15, 0.2) is 0 Å². The molecule has 0 saturated carbocycles. The molecular formula is C13H21NO. The largest absolute Gasteiger partial charge is 0.396 e. The monoisotopic (exact) mass is 207 g/mol. The number of aliphatic hydroxyl groups is 1. The summed E-state index contributed by atoms with van der Waals surface area (Å²) in [5, 5.41) is 12.2. The van der Waals surface area contributed by atoms with Crippen molar-refractivity contribution >= 4 is 0 Å². The second kappa shape index (κ2) is 7.43. The molecule has 84 valence electrons. The Hall–Kier alpha value is -0.860. The fourth-order valence-corrected chi connectivity index (χ4v) is 1.64. The number of rotatable bonds is 7. The molecule has 1 aromatic carbocycles. The van der Waals surface area contributed by atoms with Crippen LogP contribution in [-0.2, 0) is 6.42 Å². The van der Waals surface area contributed by atoms with Gasteiger partial charge in [-0.05, 0) is 31.4 Å². The third-order valence-corrected chi connectivity index (χ3v) is 2.59. The molecule has 0 bridgehead atoms. The van der Waals surface area contributed by atoms with E-state index in [0.29, 0.717) is 6.04 Å². The number of benzene rings is 1. The number of aliphatic hydroxyl groups excluding tert-OH is 1. The van der Waals surface area contributed by atoms with E-state index >= 15 is 0 Å². The van der Waals surface area contributed by atoms with Crippen molar-refractivity contribution < 1.29 is 5.11 Å². The topological polar surface area (TPSA) is 32.3 Å². The number of nitrogens with one attached hydrogen (secondary N) is 1. The van der Waals surface area contributed by atoms with Crippen LogP contribution in [0.1, 0.15) is 25.3 Å². The van der Waals surface area contributed by atoms with Crippen LogP contribution in [0.3, 0.4) is 0 Å². The van der Waals surface area contributed by atoms with E-state index in [2.05, 4.69) is 36.5 Å². The van der Waals surface area contributed by atoms with Crippen LogP contribution in [0.2, 0.25) is 0 Å². The Morgan fingerprint density at radius 1 is 1.27 bits per heavy atom. The van der Waals surface area contributed by atoms with E-state index in [1.807, 2.05) is 6.07 Å². The van der Waals surface area contributed by atoms with Crippen LogP contribution in [0.15, 0.2) is 30.3 Å². The van der Waals surface area contributed by atoms with E-state index < -0.39 is 0 Å². The first kappa shape index (κ1) is 12.2. The standard InChI is InChI=1S/C13H21NO/c1-2-13(14-9-6-10-15)11-12-7-4-3-5-8-12/h3-5,7-8,13-15H,2,6,9-11H2,1H3. The summed E-state index contributed by atoms with van der Waals surface area (Å²) in [4.78, 5) is 0. The van der Waals surface area contributed by atoms with Gasteiger partial charge < -0.3 is 10.4 Å². The molecule has 2 heteroatoms. The molecule has 2 nitrogen and oxygen atoms in total. The highest BCUT2D eigenvalue weighted by molar-refractivity contribution is 5.15. The predicted molar refractivity (Wildman–Crippen MR) is 63.9 cm³/mol. The molecular weight excluding hydrogens is 186 g/mol. The first-order chi connectivity index (χ1) is 7.36. The van der Waals surface area contributed by atoms with Gasteiger partial charge in [0, 0.05) is 12.6 Å². The Kier molecular flexibility index (Phi) is 6.05. The van der Waals surface area contributed by atoms with Crippen molar-refractivity contribution in [2.45, 2.75) is 32.2 Å². The Labute approximate surface area is 92.3 Å². The maximum atomic E-state index is 8.70. The quantitative estimate of drug-likeness (QED) is 0.670. The molecule has 0 aliphatic carbocycles. The lowest BCUT2D eigenvalue weighted by molar-refractivity contribution is 0.282. The van der Waals surface area contributed by atoms with Crippen LogP contribution in [-0.4, -0.2) is 24.3 Å². The minimum Gasteiger partial charge on any atom is -0.396 e. The van der Waals surface area contributed by atoms with Crippen LogP contribution in [0.4, 0.5) is 0 Å². The van der Waals surface area contributed by atoms with Crippen molar-refractivity contribution in [3.8, 4) is 0 Å². The molecule has 0 aliphatic rings. The van der Waals surface area contributed by atoms with Gasteiger partial charge in [-0.1, -0.05) is 37.3 Å². The molecule has 0 amide bonds. The van der Waals surface area contributed by atoms with Crippen LogP contribution in [0.5, 0.6) is 0 Å². The van der Waals surface area contributed by atoms with Crippen LogP contribution < -0.4 is 5.32 Å². The van der Waals surface area contributed by atoms with Gasteiger partial charge in [-0.2, -0.15) is 0 Å². The zero-order chi connectivity index (χ0) is 10.9. The lowest BCUT2D eigenvalue weighted by Crippen LogP contribution is -2.31. The number of hydrogen-bond donors (Lipinski definition) is 2. The Bertz CT molecular complexity index is 248. The van der Waals surface area contributed by atoms with E-state index in [4.69, 9.17) is 5.11 Å². The SMILES string of the molecule is CCC(Cc1ccccc1)NCCCO. The molecule has 0 aromatic heterocycles. The minimum absolute atomic E-state index is 0.273. The smallest absolute Gasteiger partial charge is 0.0443 e. The summed E-state index contributed by atoms with van der Waals surface area (Å²) in [6.07, 6.45) is 3.04. The fraction of sp³-hybridized carbons (Fsp3) is 0.538. The highest BCUT2D eigenvalue weighted by Gasteiger charge is 2.05. The van der Waals surface area contributed by atoms with Crippen molar-refractivity contribution in [3.63, 3.8) is 0 Å². The summed E-state index contributed by atoms with van der Waals surface area (Å²) in [5.41, 5.74) is 1.38. The van der Waals surface area contributed by atoms with Gasteiger partial charge in [-0.25, -0.2) is 0 Å². The molecule has 1 aromatic rings. The van der Waals surface area contributed by atoms with Crippen LogP contribution in [0.25, 0.3) is 0 Å². The summed E-state index contributed by atoms with van der Waals surface area (Å²) >= 11 is 0. The third-order valence-electron chi connectivity index (χ3n) is 2.59. The summed E-state index contributed by atoms with van der Waals surface area (Å²) in [6.45, 7) is 3.37. The molecule has 0 radical (unpaired) electrons. The van der Waals surface area contributed by atoms with Crippen LogP contribution in [0, 0.1) is 0 Å². The van der Waals surface area contributed by atoms with Crippen LogP contribution >= 0.6 is 0 Å². The van der Waals surface area contributed by atoms with Gasteiger partial charge in [0.2, 0.25) is 0 Å². The predicted octanol–water partition coefficient (Wildman–Crippen LogP) is 1.98. The Balaban J connectivity index is 2.33. The zero-order valence-corrected chi connectivity index (χ0v) is 9.45. The Morgan fingerprint density at radius 2 is 2.00 bits per heavy atom. The number of hydrogen-bond acceptors (Lipinski definition) is 2. The Morgan fingerprint density at radius 3 is 2.60 bits per heavy atom. The minimum atomic E-state index is 0.273. The average Bonchev–Trinajstić information content (AvgIpc) is 2.29. The van der Waals surface area contributed by atoms with E-state index in [0.717, 1.165) is 25.8 Å². The van der Waals surface area contributed by atoms with Gasteiger partial charge in [0.25, 0.3) is 0 Å². The van der Waals surface area contributed by atoms with Crippen molar-refractivity contribution in [1.82, 2.24) is 5.32 Å². The summed E-state index contributed by atoms with van der Waals surface area (Å²) in [5.74, 6) is 0. The maximum Gasteiger partial charge on any atom is 0.0443 e. The molecule has 1 atom stereocenters. The maximum absolute atomic E-state index is 8.70. The lowest BCUT2D eigenvalue weighted by atomic mass is 10.0. The highest BCUT2D eigenvalue weighted by atomic mass is 16.3. The highest BCUT2D eigenvalue weighted by Crippen LogP contribution is 2.05. The lowest BCUT2D eigenvalue weighted by Gasteiger charge is -2.16. The van der Waals surface area contributed by atoms with E-state index in [1.54, 1.807) is 0 Å². The molecule has 1 rings (SSSR count). The normalized spacial score (nSPS) is 12.7. The fourth-order valence-electron chi connectivity index (χ4n) is 1.64. The van der Waals surface area contributed by atoms with Gasteiger partial charge in [-0.15, -0.1) is 0 Å². The second-order valence-corrected chi connectivity index (χ2v) is 3.83. The van der Waals surface area contributed by atoms with E-state index in [1.165, 1.54) is 5.56 Å². The van der Waals surface area contributed by atoms with Gasteiger partial charge in [0.1, 0.15) is 0 Å². The molecule has 2 N–H and O–H groups in total. The van der Waals surface area contributed by atoms with Crippen molar-refractivity contribution in [2.24, 2.45) is 0 Å². The van der Waals surface area contributed by atoms with Crippen molar-refractivity contribution in [1.29, 1.82) is 0 Å². The van der Waals surface area contributed by atoms with Gasteiger partial charge in [-0.3, -0.25) is 0 Å². The summed E-state index contributed by atoms with van der Waals surface area (Å²) < 4.78 is 0. The zero-order valence-electron chi connectivity index (χ0n) is 9.45. The van der Waals surface area contributed by atoms with Crippen molar-refractivity contribution in [3.05, 3.63) is 35.9 Å². The molecule has 0 spiro atoms. The molecule has 0 saturated heterocycles. The average molecular weight is 207 g/mol. The molecule has 0 heterocycles. The molecule has 1 unspecified atom stereocenters. The molecule has 15 heavy (non-hydrogen) atoms. The van der Waals surface area contributed by atoms with Gasteiger partial charge in [0.05, 0.1) is 0 Å². The van der Waals surface area contributed by atoms with Gasteiger partial charge >= 0.3 is 0 Å². The third kappa shape index (κ3) is 4.96. The molecule has 0 fully saturated rings. The van der Waals surface area contributed by atoms with Crippen molar-refractivity contribution in [2.75, 3.05) is 13.2 Å². The second-order valence-electron chi connectivity index (χ2n) is 3.83. The molecule has 0 aliphatic heterocycles. The first-order valence-electron chi connectivity index (χ1n) is 5.75. The van der Waals surface area contributed by atoms with E-state index in [9.17, 15) is 0 Å².